The van der Waals surface area contributed by atoms with Crippen molar-refractivity contribution in [3.8, 4) is 11.5 Å². The van der Waals surface area contributed by atoms with E-state index in [0.717, 1.165) is 32.3 Å². The highest BCUT2D eigenvalue weighted by Crippen LogP contribution is 2.46. The minimum atomic E-state index is -1.41. The Bertz CT molecular complexity index is 1350. The molecule has 0 bridgehead atoms. The van der Waals surface area contributed by atoms with E-state index in [1.807, 2.05) is 55.2 Å². The van der Waals surface area contributed by atoms with Crippen molar-refractivity contribution in [2.45, 2.75) is 0 Å². The maximum Gasteiger partial charge on any atom is 0.309 e. The third-order valence-corrected chi connectivity index (χ3v) is 6.62. The zero-order chi connectivity index (χ0) is 20.8. The third kappa shape index (κ3) is 2.82. The lowest BCUT2D eigenvalue weighted by Gasteiger charge is -2.10. The maximum absolute atomic E-state index is 6.47. The maximum atomic E-state index is 6.47. The molecule has 0 aliphatic rings. The molecule has 30 heavy (non-hydrogen) atoms. The summed E-state index contributed by atoms with van der Waals surface area (Å²) >= 11 is 0. The van der Waals surface area contributed by atoms with Gasteiger partial charge in [0.15, 0.2) is 22.7 Å². The quantitative estimate of drug-likeness (QED) is 0.321. The molecule has 5 rings (SSSR count). The van der Waals surface area contributed by atoms with Crippen LogP contribution >= 0.6 is 8.16 Å². The first-order valence-electron chi connectivity index (χ1n) is 9.65. The third-order valence-electron chi connectivity index (χ3n) is 5.29. The summed E-state index contributed by atoms with van der Waals surface area (Å²) in [4.78, 5) is 0. The van der Waals surface area contributed by atoms with E-state index in [2.05, 4.69) is 24.3 Å². The summed E-state index contributed by atoms with van der Waals surface area (Å²) in [6.07, 6.45) is 0. The number of nitrogens with zero attached hydrogens (tertiary/aromatic N) is 1. The topological polar surface area (TPSA) is 48.0 Å². The molecule has 5 aromatic rings. The van der Waals surface area contributed by atoms with E-state index < -0.39 is 8.16 Å². The van der Waals surface area contributed by atoms with Gasteiger partial charge >= 0.3 is 8.16 Å². The number of hydrogen-bond acceptors (Lipinski definition) is 5. The van der Waals surface area contributed by atoms with Crippen LogP contribution in [0.15, 0.2) is 69.1 Å². The van der Waals surface area contributed by atoms with Gasteiger partial charge in [-0.1, -0.05) is 48.5 Å². The van der Waals surface area contributed by atoms with Gasteiger partial charge in [-0.25, -0.2) is 4.67 Å². The molecule has 0 spiro atoms. The van der Waals surface area contributed by atoms with E-state index in [9.17, 15) is 0 Å². The molecule has 6 heteroatoms. The van der Waals surface area contributed by atoms with Crippen molar-refractivity contribution in [1.29, 1.82) is 0 Å². The van der Waals surface area contributed by atoms with Crippen LogP contribution in [0.3, 0.4) is 0 Å². The van der Waals surface area contributed by atoms with Gasteiger partial charge in [-0.2, -0.15) is 0 Å². The fourth-order valence-electron chi connectivity index (χ4n) is 3.92. The van der Waals surface area contributed by atoms with Crippen LogP contribution in [-0.4, -0.2) is 28.3 Å². The van der Waals surface area contributed by atoms with Crippen molar-refractivity contribution in [3.05, 3.63) is 60.7 Å². The standard InChI is InChI=1S/C24H22NO4P/c1-25(2)30-28-23-19(26-3)13-15-9-5-7-11-17(15)21(23)22-18-12-8-6-10-16(18)14-20(27-4)24(22)29-30/h5-14H,1-4H3. The molecular weight excluding hydrogens is 397 g/mol. The molecule has 0 radical (unpaired) electrons. The summed E-state index contributed by atoms with van der Waals surface area (Å²) in [6, 6.07) is 20.6. The molecule has 0 saturated carbocycles. The highest BCUT2D eigenvalue weighted by Gasteiger charge is 2.19. The van der Waals surface area contributed by atoms with Gasteiger partial charge in [0, 0.05) is 24.9 Å². The Balaban J connectivity index is 2.23. The zero-order valence-electron chi connectivity index (χ0n) is 17.3. The predicted octanol–water partition coefficient (Wildman–Crippen LogP) is 6.81. The van der Waals surface area contributed by atoms with E-state index in [1.54, 1.807) is 14.2 Å². The molecule has 1 heterocycles. The molecule has 152 valence electrons. The van der Waals surface area contributed by atoms with Crippen molar-refractivity contribution < 1.29 is 17.9 Å². The Morgan fingerprint density at radius 1 is 0.700 bits per heavy atom. The molecule has 0 saturated heterocycles. The van der Waals surface area contributed by atoms with Crippen LogP contribution in [0.2, 0.25) is 0 Å². The number of ether oxygens (including phenoxy) is 2. The normalized spacial score (nSPS) is 11.6. The molecule has 1 aromatic heterocycles. The number of hydrogen-bond donors (Lipinski definition) is 0. The van der Waals surface area contributed by atoms with E-state index in [0.29, 0.717) is 22.7 Å². The molecule has 0 aliphatic heterocycles. The minimum absolute atomic E-state index is 0.682. The fraction of sp³-hybridized carbons (Fsp3) is 0.167. The number of rotatable bonds is 3. The van der Waals surface area contributed by atoms with E-state index >= 15 is 0 Å². The molecule has 0 N–H and O–H groups in total. The van der Waals surface area contributed by atoms with Gasteiger partial charge in [-0.05, 0) is 33.7 Å². The lowest BCUT2D eigenvalue weighted by Crippen LogP contribution is -2.02. The smallest absolute Gasteiger partial charge is 0.309 e. The highest BCUT2D eigenvalue weighted by atomic mass is 31.1. The zero-order valence-corrected chi connectivity index (χ0v) is 18.2. The average molecular weight is 419 g/mol. The Morgan fingerprint density at radius 3 is 1.53 bits per heavy atom. The van der Waals surface area contributed by atoms with Gasteiger partial charge in [0.25, 0.3) is 0 Å². The van der Waals surface area contributed by atoms with Crippen LogP contribution in [0.5, 0.6) is 11.5 Å². The summed E-state index contributed by atoms with van der Waals surface area (Å²) < 4.78 is 26.4. The lowest BCUT2D eigenvalue weighted by molar-refractivity contribution is 0.411. The highest BCUT2D eigenvalue weighted by molar-refractivity contribution is 7.38. The van der Waals surface area contributed by atoms with Crippen molar-refractivity contribution in [1.82, 2.24) is 0 Å². The number of benzene rings is 4. The molecule has 0 aliphatic carbocycles. The lowest BCUT2D eigenvalue weighted by atomic mass is 9.98. The van der Waals surface area contributed by atoms with Gasteiger partial charge in [0.05, 0.1) is 14.2 Å². The van der Waals surface area contributed by atoms with Crippen molar-refractivity contribution >= 4 is 51.6 Å². The number of methoxy groups -OCH3 is 2. The average Bonchev–Trinajstić information content (AvgIpc) is 2.96. The van der Waals surface area contributed by atoms with Crippen LogP contribution < -0.4 is 14.1 Å². The van der Waals surface area contributed by atoms with E-state index in [-0.39, 0.29) is 0 Å². The first-order valence-corrected chi connectivity index (χ1v) is 10.8. The molecule has 0 fully saturated rings. The first kappa shape index (κ1) is 18.9. The summed E-state index contributed by atoms with van der Waals surface area (Å²) in [7, 11) is 5.81. The van der Waals surface area contributed by atoms with Crippen LogP contribution in [0.4, 0.5) is 0 Å². The van der Waals surface area contributed by atoms with Crippen molar-refractivity contribution in [3.63, 3.8) is 0 Å². The molecule has 0 atom stereocenters. The Kier molecular flexibility index (Phi) is 4.58. The van der Waals surface area contributed by atoms with Gasteiger partial charge in [-0.3, -0.25) is 0 Å². The molecule has 0 unspecified atom stereocenters. The summed E-state index contributed by atoms with van der Waals surface area (Å²) in [5.41, 5.74) is 1.38. The second kappa shape index (κ2) is 7.28. The minimum Gasteiger partial charge on any atom is -0.493 e. The van der Waals surface area contributed by atoms with Gasteiger partial charge in [0.2, 0.25) is 0 Å². The molecule has 0 amide bonds. The van der Waals surface area contributed by atoms with Crippen LogP contribution in [0.1, 0.15) is 0 Å². The number of fused-ring (bicyclic) bond motifs is 7. The SMILES string of the molecule is COc1cc2ccccc2c2c1op(N(C)C)oc1c(OC)cc3ccccc3c12. The van der Waals surface area contributed by atoms with Crippen LogP contribution in [0.25, 0.3) is 43.5 Å². The molecular formula is C24H22NO4P. The first-order chi connectivity index (χ1) is 14.6. The van der Waals surface area contributed by atoms with Gasteiger partial charge in [-0.15, -0.1) is 0 Å². The second-order valence-electron chi connectivity index (χ2n) is 7.28. The van der Waals surface area contributed by atoms with E-state index in [1.165, 1.54) is 0 Å². The largest absolute Gasteiger partial charge is 0.493 e. The summed E-state index contributed by atoms with van der Waals surface area (Å²) in [5.74, 6) is 1.36. The monoisotopic (exact) mass is 419 g/mol. The Labute approximate surface area is 175 Å². The summed E-state index contributed by atoms with van der Waals surface area (Å²) in [6.45, 7) is 0. The van der Waals surface area contributed by atoms with Crippen LogP contribution in [-0.2, 0) is 0 Å². The Morgan fingerprint density at radius 2 is 1.13 bits per heavy atom. The predicted molar refractivity (Wildman–Crippen MR) is 125 cm³/mol. The fourth-order valence-corrected chi connectivity index (χ4v) is 4.96. The van der Waals surface area contributed by atoms with Crippen molar-refractivity contribution in [2.75, 3.05) is 33.0 Å². The van der Waals surface area contributed by atoms with Gasteiger partial charge < -0.3 is 17.9 Å². The van der Waals surface area contributed by atoms with E-state index in [4.69, 9.17) is 17.9 Å². The second-order valence-corrected chi connectivity index (χ2v) is 8.92. The van der Waals surface area contributed by atoms with Crippen molar-refractivity contribution in [2.24, 2.45) is 0 Å². The Hall–Kier alpha value is -3.14. The molecule has 4 aromatic carbocycles. The van der Waals surface area contributed by atoms with Crippen LogP contribution in [0, 0.1) is 0 Å². The van der Waals surface area contributed by atoms with Gasteiger partial charge in [0.1, 0.15) is 0 Å². The summed E-state index contributed by atoms with van der Waals surface area (Å²) in [5, 5.41) is 6.22. The molecule has 5 nitrogen and oxygen atoms in total.